The first-order valence-electron chi connectivity index (χ1n) is 6.97. The van der Waals surface area contributed by atoms with E-state index in [1.165, 1.54) is 21.3 Å². The summed E-state index contributed by atoms with van der Waals surface area (Å²) in [4.78, 5) is 24.9. The van der Waals surface area contributed by atoms with Gasteiger partial charge in [0.1, 0.15) is 22.6 Å². The molecule has 1 saturated heterocycles. The van der Waals surface area contributed by atoms with Crippen molar-refractivity contribution >= 4 is 29.2 Å². The summed E-state index contributed by atoms with van der Waals surface area (Å²) < 4.78 is 3.16. The van der Waals surface area contributed by atoms with E-state index in [0.29, 0.717) is 17.0 Å². The predicted molar refractivity (Wildman–Crippen MR) is 82.0 cm³/mol. The van der Waals surface area contributed by atoms with Crippen LogP contribution in [0.2, 0.25) is 0 Å². The summed E-state index contributed by atoms with van der Waals surface area (Å²) in [7, 11) is 1.69. The van der Waals surface area contributed by atoms with Crippen molar-refractivity contribution in [3.05, 3.63) is 22.9 Å². The Morgan fingerprint density at radius 2 is 2.26 bits per heavy atom. The van der Waals surface area contributed by atoms with Crippen LogP contribution < -0.4 is 11.2 Å². The fourth-order valence-corrected chi connectivity index (χ4v) is 4.25. The van der Waals surface area contributed by atoms with E-state index in [1.54, 1.807) is 17.8 Å². The number of carbonyl (C=O) groups excluding carboxylic acids is 1. The van der Waals surface area contributed by atoms with Crippen LogP contribution in [0.15, 0.2) is 11.8 Å². The molecule has 0 bridgehead atoms. The highest BCUT2D eigenvalue weighted by molar-refractivity contribution is 8.00. The number of nitrogens with two attached hydrogens (primary N) is 1. The van der Waals surface area contributed by atoms with Gasteiger partial charge < -0.3 is 15.9 Å². The van der Waals surface area contributed by atoms with Crippen LogP contribution in [0.1, 0.15) is 5.69 Å². The molecule has 1 aromatic heterocycles. The molecule has 2 atom stereocenters. The smallest absolute Gasteiger partial charge is 0.353 e. The Morgan fingerprint density at radius 3 is 2.87 bits per heavy atom. The quantitative estimate of drug-likeness (QED) is 0.484. The average molecular weight is 339 g/mol. The number of aliphatic carboxylic acids is 1. The fourth-order valence-electron chi connectivity index (χ4n) is 2.95. The summed E-state index contributed by atoms with van der Waals surface area (Å²) in [5, 5.41) is 26.3. The zero-order valence-electron chi connectivity index (χ0n) is 12.4. The van der Waals surface area contributed by atoms with Gasteiger partial charge in [0, 0.05) is 24.4 Å². The number of carboxylic acid groups (broad SMARTS) is 1. The van der Waals surface area contributed by atoms with Crippen LogP contribution in [0, 0.1) is 5.41 Å². The Kier molecular flexibility index (Phi) is 3.82. The molecule has 0 aliphatic carbocycles. The second kappa shape index (κ2) is 5.55. The van der Waals surface area contributed by atoms with E-state index >= 15 is 0 Å². The van der Waals surface area contributed by atoms with Crippen molar-refractivity contribution in [2.75, 3.05) is 12.4 Å². The predicted octanol–water partition coefficient (Wildman–Crippen LogP) is -1.66. The SMILES string of the molecule is Cn1c(C2=C(C(=O)O)N3C(=O)[C@@H](N)[C@H]3SC2)cc(=N)n1CCO. The number of aromatic nitrogens is 2. The van der Waals surface area contributed by atoms with Crippen LogP contribution in [-0.4, -0.2) is 60.1 Å². The minimum atomic E-state index is -1.19. The Balaban J connectivity index is 2.14. The topological polar surface area (TPSA) is 138 Å². The number of nitrogens with zero attached hydrogens (tertiary/aromatic N) is 3. The van der Waals surface area contributed by atoms with Crippen LogP contribution in [-0.2, 0) is 23.2 Å². The lowest BCUT2D eigenvalue weighted by Gasteiger charge is -2.47. The molecule has 0 spiro atoms. The van der Waals surface area contributed by atoms with Crippen LogP contribution in [0.4, 0.5) is 0 Å². The molecule has 23 heavy (non-hydrogen) atoms. The van der Waals surface area contributed by atoms with Gasteiger partial charge in [0.2, 0.25) is 5.91 Å². The molecule has 3 rings (SSSR count). The van der Waals surface area contributed by atoms with Gasteiger partial charge in [0.15, 0.2) is 0 Å². The maximum Gasteiger partial charge on any atom is 0.353 e. The van der Waals surface area contributed by atoms with Gasteiger partial charge in [-0.25, -0.2) is 4.79 Å². The zero-order valence-corrected chi connectivity index (χ0v) is 13.2. The Bertz CT molecular complexity index is 780. The van der Waals surface area contributed by atoms with Crippen molar-refractivity contribution < 1.29 is 19.8 Å². The summed E-state index contributed by atoms with van der Waals surface area (Å²) in [5.41, 5.74) is 6.83. The molecule has 1 aromatic rings. The third-order valence-corrected chi connectivity index (χ3v) is 5.40. The second-order valence-corrected chi connectivity index (χ2v) is 6.46. The number of rotatable bonds is 4. The summed E-state index contributed by atoms with van der Waals surface area (Å²) in [5.74, 6) is -1.20. The molecular weight excluding hydrogens is 322 g/mol. The summed E-state index contributed by atoms with van der Waals surface area (Å²) in [6.45, 7) is 0.100. The molecule has 3 heterocycles. The van der Waals surface area contributed by atoms with Crippen LogP contribution in [0.3, 0.4) is 0 Å². The molecule has 5 N–H and O–H groups in total. The van der Waals surface area contributed by atoms with E-state index in [9.17, 15) is 14.7 Å². The number of aliphatic hydroxyl groups excluding tert-OH is 1. The number of aliphatic hydroxyl groups is 1. The van der Waals surface area contributed by atoms with Crippen molar-refractivity contribution in [2.45, 2.75) is 18.0 Å². The molecule has 1 fully saturated rings. The normalized spacial score (nSPS) is 23.8. The number of β-lactam (4-membered cyclic amide) rings is 1. The van der Waals surface area contributed by atoms with Crippen LogP contribution >= 0.6 is 11.8 Å². The van der Waals surface area contributed by atoms with Crippen molar-refractivity contribution in [3.8, 4) is 0 Å². The zero-order chi connectivity index (χ0) is 16.9. The first-order chi connectivity index (χ1) is 10.9. The van der Waals surface area contributed by atoms with E-state index in [-0.39, 0.29) is 29.7 Å². The van der Waals surface area contributed by atoms with Gasteiger partial charge in [-0.15, -0.1) is 11.8 Å². The van der Waals surface area contributed by atoms with Gasteiger partial charge in [-0.05, 0) is 0 Å². The standard InChI is InChI=1S/C13H17N5O4S/c1-16-7(4-8(14)17(16)2-3-19)6-5-23-12-9(15)11(20)18(12)10(6)13(21)22/h4,9,12,14,19H,2-3,5,15H2,1H3,(H,21,22)/t9-,12-/m1/s1. The lowest BCUT2D eigenvalue weighted by Crippen LogP contribution is -2.68. The monoisotopic (exact) mass is 339 g/mol. The van der Waals surface area contributed by atoms with Gasteiger partial charge in [-0.2, -0.15) is 0 Å². The molecular formula is C13H17N5O4S. The van der Waals surface area contributed by atoms with Crippen molar-refractivity contribution in [1.82, 2.24) is 14.3 Å². The molecule has 124 valence electrons. The summed E-state index contributed by atoms with van der Waals surface area (Å²) in [6, 6.07) is 0.870. The molecule has 0 radical (unpaired) electrons. The molecule has 10 heteroatoms. The molecule has 9 nitrogen and oxygen atoms in total. The largest absolute Gasteiger partial charge is 0.477 e. The van der Waals surface area contributed by atoms with Crippen molar-refractivity contribution in [3.63, 3.8) is 0 Å². The first-order valence-corrected chi connectivity index (χ1v) is 8.02. The Hall–Kier alpha value is -2.04. The number of carboxylic acids is 1. The average Bonchev–Trinajstić information content (AvgIpc) is 2.81. The molecule has 2 aliphatic heterocycles. The highest BCUT2D eigenvalue weighted by atomic mass is 32.2. The number of hydrogen-bond donors (Lipinski definition) is 4. The van der Waals surface area contributed by atoms with Gasteiger partial charge in [0.25, 0.3) is 0 Å². The van der Waals surface area contributed by atoms with E-state index in [1.807, 2.05) is 0 Å². The third-order valence-electron chi connectivity index (χ3n) is 4.10. The number of nitrogens with one attached hydrogen (secondary N) is 1. The van der Waals surface area contributed by atoms with Crippen LogP contribution in [0.25, 0.3) is 5.57 Å². The number of amides is 1. The summed E-state index contributed by atoms with van der Waals surface area (Å²) >= 11 is 1.41. The molecule has 0 unspecified atom stereocenters. The van der Waals surface area contributed by atoms with E-state index in [2.05, 4.69) is 0 Å². The minimum absolute atomic E-state index is 0.0720. The van der Waals surface area contributed by atoms with Gasteiger partial charge in [-0.3, -0.25) is 24.5 Å². The van der Waals surface area contributed by atoms with Crippen LogP contribution in [0.5, 0.6) is 0 Å². The van der Waals surface area contributed by atoms with Gasteiger partial charge in [0.05, 0.1) is 18.8 Å². The molecule has 0 aromatic carbocycles. The third kappa shape index (κ3) is 2.21. The molecule has 1 amide bonds. The number of fused-ring (bicyclic) bond motifs is 1. The lowest BCUT2D eigenvalue weighted by atomic mass is 10.0. The van der Waals surface area contributed by atoms with E-state index in [4.69, 9.17) is 16.2 Å². The first kappa shape index (κ1) is 15.8. The minimum Gasteiger partial charge on any atom is -0.477 e. The van der Waals surface area contributed by atoms with E-state index < -0.39 is 17.9 Å². The highest BCUT2D eigenvalue weighted by Gasteiger charge is 2.52. The summed E-state index contributed by atoms with van der Waals surface area (Å²) in [6.07, 6.45) is 0. The Labute approximate surface area is 135 Å². The number of hydrogen-bond acceptors (Lipinski definition) is 6. The number of thioether (sulfide) groups is 1. The number of carbonyl (C=O) groups is 2. The maximum atomic E-state index is 12.0. The molecule has 2 aliphatic rings. The van der Waals surface area contributed by atoms with E-state index in [0.717, 1.165) is 0 Å². The highest BCUT2D eigenvalue weighted by Crippen LogP contribution is 2.42. The fraction of sp³-hybridized carbons (Fsp3) is 0.462. The van der Waals surface area contributed by atoms with Gasteiger partial charge in [-0.1, -0.05) is 0 Å². The Morgan fingerprint density at radius 1 is 1.57 bits per heavy atom. The van der Waals surface area contributed by atoms with Crippen molar-refractivity contribution in [2.24, 2.45) is 12.8 Å². The van der Waals surface area contributed by atoms with Gasteiger partial charge >= 0.3 is 5.97 Å². The second-order valence-electron chi connectivity index (χ2n) is 5.35. The molecule has 0 saturated carbocycles. The van der Waals surface area contributed by atoms with Crippen molar-refractivity contribution in [1.29, 1.82) is 5.41 Å². The lowest BCUT2D eigenvalue weighted by molar-refractivity contribution is -0.147. The maximum absolute atomic E-state index is 12.0.